The van der Waals surface area contributed by atoms with Gasteiger partial charge in [-0.05, 0) is 24.6 Å². The monoisotopic (exact) mass is 291 g/mol. The number of aryl methyl sites for hydroxylation is 1. The van der Waals surface area contributed by atoms with Gasteiger partial charge < -0.3 is 10.5 Å². The summed E-state index contributed by atoms with van der Waals surface area (Å²) in [6.07, 6.45) is 0. The minimum Gasteiger partial charge on any atom is -0.430 e. The molecule has 0 unspecified atom stereocenters. The average Bonchev–Trinajstić information content (AvgIpc) is 2.80. The van der Waals surface area contributed by atoms with Gasteiger partial charge in [-0.1, -0.05) is 26.8 Å². The fourth-order valence-corrected chi connectivity index (χ4v) is 2.25. The Hall–Kier alpha value is -1.95. The van der Waals surface area contributed by atoms with Crippen LogP contribution in [-0.4, -0.2) is 15.3 Å². The Morgan fingerprint density at radius 2 is 2.05 bits per heavy atom. The zero-order valence-corrected chi connectivity index (χ0v) is 12.7. The lowest BCUT2D eigenvalue weighted by atomic mass is 9.96. The van der Waals surface area contributed by atoms with Crippen molar-refractivity contribution in [2.75, 3.05) is 0 Å². The van der Waals surface area contributed by atoms with E-state index in [9.17, 15) is 4.79 Å². The van der Waals surface area contributed by atoms with E-state index in [1.807, 2.05) is 27.7 Å². The highest BCUT2D eigenvalue weighted by Gasteiger charge is 2.20. The molecular formula is C14H17N3O2S. The molecule has 20 heavy (non-hydrogen) atoms. The van der Waals surface area contributed by atoms with Crippen LogP contribution in [0.15, 0.2) is 18.2 Å². The third kappa shape index (κ3) is 3.14. The van der Waals surface area contributed by atoms with E-state index in [0.29, 0.717) is 16.5 Å². The van der Waals surface area contributed by atoms with Crippen LogP contribution in [0.1, 0.15) is 42.5 Å². The van der Waals surface area contributed by atoms with Crippen molar-refractivity contribution >= 4 is 17.4 Å². The van der Waals surface area contributed by atoms with Crippen LogP contribution in [0, 0.1) is 6.92 Å². The second kappa shape index (κ2) is 5.20. The summed E-state index contributed by atoms with van der Waals surface area (Å²) in [5, 5.41) is 0.458. The fraction of sp³-hybridized carbons (Fsp3) is 0.357. The van der Waals surface area contributed by atoms with Crippen LogP contribution in [0.25, 0.3) is 0 Å². The number of carbonyl (C=O) groups excluding carboxylic acids is 1. The Morgan fingerprint density at radius 3 is 2.60 bits per heavy atom. The standard InChI is InChI=1S/C14H17N3O2S/c1-8-5-6-9(11(15)18)7-10(8)19-13-16-12(17-20-13)14(2,3)4/h5-7H,1-4H3,(H2,15,18). The normalized spacial score (nSPS) is 11.4. The molecule has 0 saturated carbocycles. The minimum absolute atomic E-state index is 0.123. The Bertz CT molecular complexity index is 644. The van der Waals surface area contributed by atoms with Crippen LogP contribution >= 0.6 is 11.5 Å². The van der Waals surface area contributed by atoms with E-state index in [0.717, 1.165) is 11.4 Å². The Kier molecular flexibility index (Phi) is 3.76. The summed E-state index contributed by atoms with van der Waals surface area (Å²) in [6.45, 7) is 8.01. The maximum Gasteiger partial charge on any atom is 0.298 e. The van der Waals surface area contributed by atoms with Crippen LogP contribution < -0.4 is 10.5 Å². The molecular weight excluding hydrogens is 274 g/mol. The van der Waals surface area contributed by atoms with Crippen molar-refractivity contribution in [3.05, 3.63) is 35.2 Å². The van der Waals surface area contributed by atoms with E-state index >= 15 is 0 Å². The van der Waals surface area contributed by atoms with Crippen LogP contribution in [0.2, 0.25) is 0 Å². The molecule has 106 valence electrons. The Balaban J connectivity index is 2.28. The summed E-state index contributed by atoms with van der Waals surface area (Å²) in [4.78, 5) is 15.6. The molecule has 6 heteroatoms. The van der Waals surface area contributed by atoms with E-state index in [2.05, 4.69) is 9.36 Å². The molecule has 1 heterocycles. The van der Waals surface area contributed by atoms with Gasteiger partial charge in [-0.15, -0.1) is 0 Å². The fourth-order valence-electron chi connectivity index (χ4n) is 1.51. The maximum absolute atomic E-state index is 11.2. The van der Waals surface area contributed by atoms with Gasteiger partial charge in [-0.3, -0.25) is 4.79 Å². The van der Waals surface area contributed by atoms with Crippen molar-refractivity contribution in [2.45, 2.75) is 33.1 Å². The molecule has 1 amide bonds. The van der Waals surface area contributed by atoms with Crippen molar-refractivity contribution in [1.82, 2.24) is 9.36 Å². The Morgan fingerprint density at radius 1 is 1.35 bits per heavy atom. The van der Waals surface area contributed by atoms with Crippen LogP contribution in [-0.2, 0) is 5.41 Å². The molecule has 0 atom stereocenters. The van der Waals surface area contributed by atoms with Crippen molar-refractivity contribution in [3.63, 3.8) is 0 Å². The number of carbonyl (C=O) groups is 1. The van der Waals surface area contributed by atoms with E-state index in [1.165, 1.54) is 11.5 Å². The van der Waals surface area contributed by atoms with Gasteiger partial charge in [0.25, 0.3) is 5.19 Å². The number of nitrogens with two attached hydrogens (primary N) is 1. The summed E-state index contributed by atoms with van der Waals surface area (Å²) in [5.41, 5.74) is 6.46. The highest BCUT2D eigenvalue weighted by molar-refractivity contribution is 7.07. The highest BCUT2D eigenvalue weighted by atomic mass is 32.1. The number of aromatic nitrogens is 2. The first-order chi connectivity index (χ1) is 9.27. The van der Waals surface area contributed by atoms with Gasteiger partial charge in [0.05, 0.1) is 0 Å². The number of nitrogens with zero attached hydrogens (tertiary/aromatic N) is 2. The number of primary amides is 1. The van der Waals surface area contributed by atoms with Gasteiger partial charge >= 0.3 is 0 Å². The first kappa shape index (κ1) is 14.5. The van der Waals surface area contributed by atoms with Gasteiger partial charge in [-0.2, -0.15) is 9.36 Å². The smallest absolute Gasteiger partial charge is 0.298 e. The zero-order chi connectivity index (χ0) is 14.9. The number of hydrogen-bond donors (Lipinski definition) is 1. The molecule has 0 saturated heterocycles. The number of ether oxygens (including phenoxy) is 1. The predicted octanol–water partition coefficient (Wildman–Crippen LogP) is 3.04. The number of hydrogen-bond acceptors (Lipinski definition) is 5. The molecule has 2 aromatic rings. The van der Waals surface area contributed by atoms with Gasteiger partial charge in [0.15, 0.2) is 5.82 Å². The first-order valence-electron chi connectivity index (χ1n) is 6.20. The lowest BCUT2D eigenvalue weighted by molar-refractivity contribution is 0.1000. The van der Waals surface area contributed by atoms with Gasteiger partial charge in [0.2, 0.25) is 5.91 Å². The zero-order valence-electron chi connectivity index (χ0n) is 11.9. The quantitative estimate of drug-likeness (QED) is 0.942. The second-order valence-corrected chi connectivity index (χ2v) is 6.29. The maximum atomic E-state index is 11.2. The third-order valence-corrected chi connectivity index (χ3v) is 3.34. The lowest BCUT2D eigenvalue weighted by Crippen LogP contribution is -2.13. The van der Waals surface area contributed by atoms with Gasteiger partial charge in [0.1, 0.15) is 5.75 Å². The molecule has 1 aromatic heterocycles. The molecule has 2 N–H and O–H groups in total. The molecule has 0 bridgehead atoms. The molecule has 0 radical (unpaired) electrons. The highest BCUT2D eigenvalue weighted by Crippen LogP contribution is 2.30. The molecule has 1 aromatic carbocycles. The van der Waals surface area contributed by atoms with E-state index < -0.39 is 5.91 Å². The second-order valence-electron chi connectivity index (χ2n) is 5.58. The van der Waals surface area contributed by atoms with Crippen LogP contribution in [0.3, 0.4) is 0 Å². The molecule has 0 spiro atoms. The third-order valence-electron chi connectivity index (χ3n) is 2.75. The Labute approximate surface area is 122 Å². The first-order valence-corrected chi connectivity index (χ1v) is 6.97. The summed E-state index contributed by atoms with van der Waals surface area (Å²) in [5.74, 6) is 0.821. The van der Waals surface area contributed by atoms with E-state index in [1.54, 1.807) is 18.2 Å². The molecule has 2 rings (SSSR count). The lowest BCUT2D eigenvalue weighted by Gasteiger charge is -2.12. The molecule has 5 nitrogen and oxygen atoms in total. The molecule has 0 aliphatic carbocycles. The van der Waals surface area contributed by atoms with Crippen molar-refractivity contribution < 1.29 is 9.53 Å². The van der Waals surface area contributed by atoms with Crippen molar-refractivity contribution in [1.29, 1.82) is 0 Å². The minimum atomic E-state index is -0.484. The topological polar surface area (TPSA) is 78.1 Å². The van der Waals surface area contributed by atoms with Crippen LogP contribution in [0.4, 0.5) is 0 Å². The van der Waals surface area contributed by atoms with Crippen LogP contribution in [0.5, 0.6) is 10.9 Å². The summed E-state index contributed by atoms with van der Waals surface area (Å²) in [7, 11) is 0. The summed E-state index contributed by atoms with van der Waals surface area (Å²) in [6, 6.07) is 5.09. The van der Waals surface area contributed by atoms with Gasteiger partial charge in [-0.25, -0.2) is 0 Å². The number of benzene rings is 1. The predicted molar refractivity (Wildman–Crippen MR) is 78.4 cm³/mol. The largest absolute Gasteiger partial charge is 0.430 e. The SMILES string of the molecule is Cc1ccc(C(N)=O)cc1Oc1nc(C(C)(C)C)ns1. The summed E-state index contributed by atoms with van der Waals surface area (Å²) >= 11 is 1.19. The van der Waals surface area contributed by atoms with E-state index in [-0.39, 0.29) is 5.41 Å². The van der Waals surface area contributed by atoms with Crippen molar-refractivity contribution in [2.24, 2.45) is 5.73 Å². The number of rotatable bonds is 3. The van der Waals surface area contributed by atoms with Crippen molar-refractivity contribution in [3.8, 4) is 10.9 Å². The average molecular weight is 291 g/mol. The number of amides is 1. The summed E-state index contributed by atoms with van der Waals surface area (Å²) < 4.78 is 10.00. The van der Waals surface area contributed by atoms with E-state index in [4.69, 9.17) is 10.5 Å². The van der Waals surface area contributed by atoms with Gasteiger partial charge in [0, 0.05) is 22.5 Å². The molecule has 0 fully saturated rings. The molecule has 0 aliphatic rings. The molecule has 0 aliphatic heterocycles.